The molecule has 0 bridgehead atoms. The van der Waals surface area contributed by atoms with E-state index in [4.69, 9.17) is 0 Å². The van der Waals surface area contributed by atoms with Crippen molar-refractivity contribution in [3.05, 3.63) is 114 Å². The summed E-state index contributed by atoms with van der Waals surface area (Å²) in [5.74, 6) is 0.0110. The standard InChI is InChI=1S/C26H24N4O2/c1-20(31)27-25-17-24(28-30(25)23-15-9-4-10-16-23)26(32)29(18-21-11-5-2-6-12-21)19-22-13-7-3-8-14-22/h2-17H,18-19H2,1H3,(H,27,31). The van der Waals surface area contributed by atoms with E-state index < -0.39 is 0 Å². The van der Waals surface area contributed by atoms with Crippen LogP contribution in [0.15, 0.2) is 97.1 Å². The number of aromatic nitrogens is 2. The highest BCUT2D eigenvalue weighted by Gasteiger charge is 2.22. The van der Waals surface area contributed by atoms with Crippen LogP contribution < -0.4 is 5.32 Å². The molecule has 2 amide bonds. The van der Waals surface area contributed by atoms with Gasteiger partial charge in [0.1, 0.15) is 5.82 Å². The fraction of sp³-hybridized carbons (Fsp3) is 0.115. The van der Waals surface area contributed by atoms with Gasteiger partial charge in [0.15, 0.2) is 5.69 Å². The average Bonchev–Trinajstić information content (AvgIpc) is 3.23. The number of rotatable bonds is 7. The van der Waals surface area contributed by atoms with Crippen LogP contribution >= 0.6 is 0 Å². The van der Waals surface area contributed by atoms with E-state index in [0.717, 1.165) is 16.8 Å². The molecule has 0 spiro atoms. The van der Waals surface area contributed by atoms with Gasteiger partial charge in [0.2, 0.25) is 5.91 Å². The molecule has 0 fully saturated rings. The number of para-hydroxylation sites is 1. The van der Waals surface area contributed by atoms with E-state index in [2.05, 4.69) is 10.4 Å². The third kappa shape index (κ3) is 5.10. The number of carbonyl (C=O) groups is 2. The van der Waals surface area contributed by atoms with Gasteiger partial charge < -0.3 is 10.2 Å². The fourth-order valence-corrected chi connectivity index (χ4v) is 3.49. The number of anilines is 1. The van der Waals surface area contributed by atoms with Gasteiger partial charge in [0, 0.05) is 26.1 Å². The molecular formula is C26H24N4O2. The highest BCUT2D eigenvalue weighted by Crippen LogP contribution is 2.20. The maximum absolute atomic E-state index is 13.6. The van der Waals surface area contributed by atoms with Crippen molar-refractivity contribution in [1.82, 2.24) is 14.7 Å². The molecule has 6 heteroatoms. The maximum Gasteiger partial charge on any atom is 0.275 e. The Morgan fingerprint density at radius 1 is 0.812 bits per heavy atom. The van der Waals surface area contributed by atoms with Crippen LogP contribution in [-0.4, -0.2) is 26.5 Å². The molecule has 1 aromatic heterocycles. The third-order valence-corrected chi connectivity index (χ3v) is 4.95. The second-order valence-corrected chi connectivity index (χ2v) is 7.48. The van der Waals surface area contributed by atoms with Crippen LogP contribution in [0.3, 0.4) is 0 Å². The van der Waals surface area contributed by atoms with Gasteiger partial charge in [-0.3, -0.25) is 9.59 Å². The van der Waals surface area contributed by atoms with E-state index in [9.17, 15) is 9.59 Å². The summed E-state index contributed by atoms with van der Waals surface area (Å²) in [6.45, 7) is 2.32. The Morgan fingerprint density at radius 3 is 1.81 bits per heavy atom. The topological polar surface area (TPSA) is 67.2 Å². The molecule has 6 nitrogen and oxygen atoms in total. The summed E-state index contributed by atoms with van der Waals surface area (Å²) >= 11 is 0. The number of nitrogens with one attached hydrogen (secondary N) is 1. The molecule has 4 aromatic rings. The highest BCUT2D eigenvalue weighted by molar-refractivity contribution is 5.95. The predicted molar refractivity (Wildman–Crippen MR) is 124 cm³/mol. The lowest BCUT2D eigenvalue weighted by atomic mass is 10.1. The van der Waals surface area contributed by atoms with E-state index in [-0.39, 0.29) is 17.5 Å². The van der Waals surface area contributed by atoms with Crippen LogP contribution in [0.1, 0.15) is 28.5 Å². The Kier molecular flexibility index (Phi) is 6.41. The van der Waals surface area contributed by atoms with Crippen molar-refractivity contribution in [2.75, 3.05) is 5.32 Å². The van der Waals surface area contributed by atoms with E-state index in [1.54, 1.807) is 15.6 Å². The van der Waals surface area contributed by atoms with Gasteiger partial charge >= 0.3 is 0 Å². The molecule has 0 aliphatic carbocycles. The molecule has 1 N–H and O–H groups in total. The molecule has 0 unspecified atom stereocenters. The number of nitrogens with zero attached hydrogens (tertiary/aromatic N) is 3. The average molecular weight is 425 g/mol. The SMILES string of the molecule is CC(=O)Nc1cc(C(=O)N(Cc2ccccc2)Cc2ccccc2)nn1-c1ccccc1. The number of hydrogen-bond acceptors (Lipinski definition) is 3. The van der Waals surface area contributed by atoms with Crippen molar-refractivity contribution in [1.29, 1.82) is 0 Å². The van der Waals surface area contributed by atoms with Crippen molar-refractivity contribution < 1.29 is 9.59 Å². The summed E-state index contributed by atoms with van der Waals surface area (Å²) < 4.78 is 1.58. The van der Waals surface area contributed by atoms with Crippen LogP contribution in [0, 0.1) is 0 Å². The normalized spacial score (nSPS) is 10.5. The Morgan fingerprint density at radius 2 is 1.31 bits per heavy atom. The van der Waals surface area contributed by atoms with E-state index in [0.29, 0.717) is 18.9 Å². The molecule has 0 radical (unpaired) electrons. The minimum atomic E-state index is -0.230. The molecule has 0 saturated heterocycles. The zero-order chi connectivity index (χ0) is 22.3. The molecule has 0 aliphatic heterocycles. The van der Waals surface area contributed by atoms with Crippen LogP contribution in [0.2, 0.25) is 0 Å². The Labute approximate surface area is 187 Å². The molecule has 32 heavy (non-hydrogen) atoms. The minimum Gasteiger partial charge on any atom is -0.329 e. The lowest BCUT2D eigenvalue weighted by molar-refractivity contribution is -0.114. The first kappa shape index (κ1) is 21.1. The van der Waals surface area contributed by atoms with Gasteiger partial charge in [-0.25, -0.2) is 4.68 Å². The summed E-state index contributed by atoms with van der Waals surface area (Å²) in [5.41, 5.74) is 3.08. The van der Waals surface area contributed by atoms with Crippen molar-refractivity contribution in [2.45, 2.75) is 20.0 Å². The quantitative estimate of drug-likeness (QED) is 0.469. The summed E-state index contributed by atoms with van der Waals surface area (Å²) in [5, 5.41) is 7.32. The fourth-order valence-electron chi connectivity index (χ4n) is 3.49. The number of amides is 2. The number of hydrogen-bond donors (Lipinski definition) is 1. The summed E-state index contributed by atoms with van der Waals surface area (Å²) in [6.07, 6.45) is 0. The van der Waals surface area contributed by atoms with Crippen molar-refractivity contribution >= 4 is 17.6 Å². The predicted octanol–water partition coefficient (Wildman–Crippen LogP) is 4.67. The first-order valence-corrected chi connectivity index (χ1v) is 10.4. The van der Waals surface area contributed by atoms with Crippen LogP contribution in [0.4, 0.5) is 5.82 Å². The van der Waals surface area contributed by atoms with Crippen LogP contribution in [0.25, 0.3) is 5.69 Å². The largest absolute Gasteiger partial charge is 0.329 e. The van der Waals surface area contributed by atoms with Crippen molar-refractivity contribution in [2.24, 2.45) is 0 Å². The molecule has 4 rings (SSSR count). The van der Waals surface area contributed by atoms with Gasteiger partial charge in [0.25, 0.3) is 5.91 Å². The Hall–Kier alpha value is -4.19. The van der Waals surface area contributed by atoms with Crippen molar-refractivity contribution in [3.63, 3.8) is 0 Å². The zero-order valence-electron chi connectivity index (χ0n) is 17.8. The lowest BCUT2D eigenvalue weighted by Gasteiger charge is -2.22. The van der Waals surface area contributed by atoms with Crippen LogP contribution in [-0.2, 0) is 17.9 Å². The van der Waals surface area contributed by atoms with E-state index in [1.165, 1.54) is 6.92 Å². The molecule has 0 atom stereocenters. The molecule has 1 heterocycles. The zero-order valence-corrected chi connectivity index (χ0v) is 17.8. The van der Waals surface area contributed by atoms with Gasteiger partial charge in [-0.05, 0) is 23.3 Å². The Bertz CT molecular complexity index is 1150. The van der Waals surface area contributed by atoms with Gasteiger partial charge in [-0.2, -0.15) is 5.10 Å². The van der Waals surface area contributed by atoms with E-state index >= 15 is 0 Å². The smallest absolute Gasteiger partial charge is 0.275 e. The van der Waals surface area contributed by atoms with Crippen LogP contribution in [0.5, 0.6) is 0 Å². The second kappa shape index (κ2) is 9.75. The monoisotopic (exact) mass is 424 g/mol. The maximum atomic E-state index is 13.6. The Balaban J connectivity index is 1.69. The van der Waals surface area contributed by atoms with Crippen molar-refractivity contribution in [3.8, 4) is 5.69 Å². The number of carbonyl (C=O) groups excluding carboxylic acids is 2. The minimum absolute atomic E-state index is 0.209. The third-order valence-electron chi connectivity index (χ3n) is 4.95. The summed E-state index contributed by atoms with van der Waals surface area (Å²) in [4.78, 5) is 27.1. The second-order valence-electron chi connectivity index (χ2n) is 7.48. The molecule has 3 aromatic carbocycles. The van der Waals surface area contributed by atoms with Gasteiger partial charge in [0.05, 0.1) is 5.69 Å². The van der Waals surface area contributed by atoms with Gasteiger partial charge in [-0.15, -0.1) is 0 Å². The highest BCUT2D eigenvalue weighted by atomic mass is 16.2. The first-order chi connectivity index (χ1) is 15.6. The van der Waals surface area contributed by atoms with Gasteiger partial charge in [-0.1, -0.05) is 78.9 Å². The van der Waals surface area contributed by atoms with E-state index in [1.807, 2.05) is 91.0 Å². The molecular weight excluding hydrogens is 400 g/mol. The lowest BCUT2D eigenvalue weighted by Crippen LogP contribution is -2.30. The molecule has 160 valence electrons. The number of benzene rings is 3. The summed E-state index contributed by atoms with van der Waals surface area (Å²) in [6, 6.07) is 30.8. The molecule has 0 saturated carbocycles. The molecule has 0 aliphatic rings. The first-order valence-electron chi connectivity index (χ1n) is 10.4. The summed E-state index contributed by atoms with van der Waals surface area (Å²) in [7, 11) is 0.